The number of hydrogen-bond acceptors (Lipinski definition) is 3. The van der Waals surface area contributed by atoms with Crippen molar-refractivity contribution in [2.75, 3.05) is 4.72 Å². The second-order valence-electron chi connectivity index (χ2n) is 4.44. The molecule has 0 unspecified atom stereocenters. The molecule has 0 bridgehead atoms. The van der Waals surface area contributed by atoms with Gasteiger partial charge < -0.3 is 5.73 Å². The molecule has 0 saturated carbocycles. The zero-order chi connectivity index (χ0) is 14.8. The highest BCUT2D eigenvalue weighted by molar-refractivity contribution is 9.10. The lowest BCUT2D eigenvalue weighted by atomic mass is 10.2. The highest BCUT2D eigenvalue weighted by atomic mass is 79.9. The molecule has 2 aromatic rings. The summed E-state index contributed by atoms with van der Waals surface area (Å²) in [5.41, 5.74) is 7.95. The van der Waals surface area contributed by atoms with E-state index in [0.717, 1.165) is 11.1 Å². The Labute approximate surface area is 127 Å². The highest BCUT2D eigenvalue weighted by Crippen LogP contribution is 2.26. The summed E-state index contributed by atoms with van der Waals surface area (Å²) in [6, 6.07) is 11.9. The predicted octanol–water partition coefficient (Wildman–Crippen LogP) is 3.02. The number of aryl methyl sites for hydroxylation is 1. The van der Waals surface area contributed by atoms with Crippen LogP contribution in [0, 0.1) is 6.92 Å². The Kier molecular flexibility index (Phi) is 4.47. The second kappa shape index (κ2) is 5.95. The maximum absolute atomic E-state index is 12.3. The van der Waals surface area contributed by atoms with Crippen molar-refractivity contribution >= 4 is 31.6 Å². The molecule has 2 rings (SSSR count). The van der Waals surface area contributed by atoms with E-state index < -0.39 is 10.0 Å². The van der Waals surface area contributed by atoms with Gasteiger partial charge in [-0.3, -0.25) is 4.72 Å². The fourth-order valence-electron chi connectivity index (χ4n) is 1.71. The van der Waals surface area contributed by atoms with Crippen LogP contribution in [0.2, 0.25) is 0 Å². The van der Waals surface area contributed by atoms with Crippen LogP contribution in [-0.4, -0.2) is 8.42 Å². The number of nitrogens with one attached hydrogen (secondary N) is 1. The van der Waals surface area contributed by atoms with Gasteiger partial charge >= 0.3 is 0 Å². The van der Waals surface area contributed by atoms with Crippen molar-refractivity contribution in [2.45, 2.75) is 18.4 Å². The van der Waals surface area contributed by atoms with Gasteiger partial charge in [0.1, 0.15) is 0 Å². The summed E-state index contributed by atoms with van der Waals surface area (Å²) in [6.45, 7) is 2.33. The van der Waals surface area contributed by atoms with Crippen LogP contribution in [-0.2, 0) is 16.6 Å². The van der Waals surface area contributed by atoms with Crippen LogP contribution >= 0.6 is 15.9 Å². The van der Waals surface area contributed by atoms with Crippen LogP contribution in [0.3, 0.4) is 0 Å². The monoisotopic (exact) mass is 354 g/mol. The molecule has 6 heteroatoms. The fraction of sp³-hybridized carbons (Fsp3) is 0.143. The van der Waals surface area contributed by atoms with Crippen molar-refractivity contribution in [1.82, 2.24) is 0 Å². The van der Waals surface area contributed by atoms with Gasteiger partial charge in [0.25, 0.3) is 10.0 Å². The molecular formula is C14H15BrN2O2S. The summed E-state index contributed by atoms with van der Waals surface area (Å²) in [4.78, 5) is 0.210. The van der Waals surface area contributed by atoms with Crippen molar-refractivity contribution in [3.63, 3.8) is 0 Å². The average Bonchev–Trinajstić information content (AvgIpc) is 2.42. The number of nitrogens with two attached hydrogens (primary N) is 1. The Balaban J connectivity index is 2.30. The van der Waals surface area contributed by atoms with Crippen molar-refractivity contribution in [2.24, 2.45) is 5.73 Å². The first-order valence-corrected chi connectivity index (χ1v) is 8.28. The molecule has 0 atom stereocenters. The molecule has 0 spiro atoms. The van der Waals surface area contributed by atoms with E-state index in [1.54, 1.807) is 30.3 Å². The lowest BCUT2D eigenvalue weighted by Gasteiger charge is -2.10. The minimum Gasteiger partial charge on any atom is -0.326 e. The maximum atomic E-state index is 12.3. The van der Waals surface area contributed by atoms with Crippen molar-refractivity contribution in [3.05, 3.63) is 58.1 Å². The number of rotatable bonds is 4. The third kappa shape index (κ3) is 3.39. The zero-order valence-corrected chi connectivity index (χ0v) is 13.3. The van der Waals surface area contributed by atoms with Gasteiger partial charge in [-0.2, -0.15) is 0 Å². The molecule has 0 radical (unpaired) electrons. The fourth-order valence-corrected chi connectivity index (χ4v) is 3.51. The molecule has 2 aromatic carbocycles. The first-order chi connectivity index (χ1) is 9.42. The van der Waals surface area contributed by atoms with Crippen LogP contribution in [0.5, 0.6) is 0 Å². The molecule has 0 saturated heterocycles. The van der Waals surface area contributed by atoms with Crippen LogP contribution in [0.1, 0.15) is 11.1 Å². The normalized spacial score (nSPS) is 11.3. The topological polar surface area (TPSA) is 72.2 Å². The SMILES string of the molecule is Cc1ccc(NS(=O)(=O)c2ccc(CN)cc2)c(Br)c1. The lowest BCUT2D eigenvalue weighted by Crippen LogP contribution is -2.13. The molecule has 3 N–H and O–H groups in total. The summed E-state index contributed by atoms with van der Waals surface area (Å²) >= 11 is 3.35. The van der Waals surface area contributed by atoms with Crippen LogP contribution in [0.25, 0.3) is 0 Å². The van der Waals surface area contributed by atoms with E-state index in [-0.39, 0.29) is 4.90 Å². The molecule has 4 nitrogen and oxygen atoms in total. The maximum Gasteiger partial charge on any atom is 0.261 e. The van der Waals surface area contributed by atoms with Crippen LogP contribution in [0.4, 0.5) is 5.69 Å². The molecular weight excluding hydrogens is 340 g/mol. The molecule has 20 heavy (non-hydrogen) atoms. The number of anilines is 1. The van der Waals surface area contributed by atoms with Gasteiger partial charge in [-0.1, -0.05) is 18.2 Å². The third-order valence-corrected chi connectivity index (χ3v) is 4.88. The second-order valence-corrected chi connectivity index (χ2v) is 6.97. The number of sulfonamides is 1. The molecule has 106 valence electrons. The highest BCUT2D eigenvalue weighted by Gasteiger charge is 2.15. The molecule has 0 aromatic heterocycles. The molecule has 0 aliphatic heterocycles. The number of hydrogen-bond donors (Lipinski definition) is 2. The van der Waals surface area contributed by atoms with Crippen LogP contribution < -0.4 is 10.5 Å². The largest absolute Gasteiger partial charge is 0.326 e. The smallest absolute Gasteiger partial charge is 0.261 e. The first-order valence-electron chi connectivity index (χ1n) is 6.00. The minimum atomic E-state index is -3.59. The molecule has 0 amide bonds. The van der Waals surface area contributed by atoms with E-state index in [1.165, 1.54) is 0 Å². The summed E-state index contributed by atoms with van der Waals surface area (Å²) < 4.78 is 27.8. The molecule has 0 aliphatic carbocycles. The Morgan fingerprint density at radius 2 is 1.80 bits per heavy atom. The van der Waals surface area contributed by atoms with E-state index in [1.807, 2.05) is 19.1 Å². The quantitative estimate of drug-likeness (QED) is 0.886. The van der Waals surface area contributed by atoms with E-state index in [9.17, 15) is 8.42 Å². The molecule has 0 heterocycles. The number of benzene rings is 2. The Morgan fingerprint density at radius 3 is 2.35 bits per heavy atom. The standard InChI is InChI=1S/C14H15BrN2O2S/c1-10-2-7-14(13(15)8-10)17-20(18,19)12-5-3-11(9-16)4-6-12/h2-8,17H,9,16H2,1H3. The summed E-state index contributed by atoms with van der Waals surface area (Å²) in [5.74, 6) is 0. The van der Waals surface area contributed by atoms with E-state index in [0.29, 0.717) is 16.7 Å². The Bertz CT molecular complexity index is 712. The van der Waals surface area contributed by atoms with Gasteiger partial charge in [-0.25, -0.2) is 8.42 Å². The predicted molar refractivity (Wildman–Crippen MR) is 84.0 cm³/mol. The average molecular weight is 355 g/mol. The lowest BCUT2D eigenvalue weighted by molar-refractivity contribution is 0.601. The van der Waals surface area contributed by atoms with Crippen molar-refractivity contribution in [3.8, 4) is 0 Å². The zero-order valence-electron chi connectivity index (χ0n) is 10.9. The first kappa shape index (κ1) is 15.0. The summed E-state index contributed by atoms with van der Waals surface area (Å²) in [7, 11) is -3.59. The Morgan fingerprint density at radius 1 is 1.15 bits per heavy atom. The van der Waals surface area contributed by atoms with Crippen molar-refractivity contribution in [1.29, 1.82) is 0 Å². The van der Waals surface area contributed by atoms with E-state index >= 15 is 0 Å². The molecule has 0 aliphatic rings. The Hall–Kier alpha value is -1.37. The van der Waals surface area contributed by atoms with Gasteiger partial charge in [0.2, 0.25) is 0 Å². The van der Waals surface area contributed by atoms with Crippen LogP contribution in [0.15, 0.2) is 51.8 Å². The molecule has 0 fully saturated rings. The summed E-state index contributed by atoms with van der Waals surface area (Å²) in [6.07, 6.45) is 0. The summed E-state index contributed by atoms with van der Waals surface area (Å²) in [5, 5.41) is 0. The van der Waals surface area contributed by atoms with Gasteiger partial charge in [0.05, 0.1) is 10.6 Å². The van der Waals surface area contributed by atoms with Crippen molar-refractivity contribution < 1.29 is 8.42 Å². The number of halogens is 1. The van der Waals surface area contributed by atoms with Gasteiger partial charge in [0.15, 0.2) is 0 Å². The van der Waals surface area contributed by atoms with Gasteiger partial charge in [-0.05, 0) is 58.2 Å². The van der Waals surface area contributed by atoms with Gasteiger partial charge in [0, 0.05) is 11.0 Å². The van der Waals surface area contributed by atoms with E-state index in [4.69, 9.17) is 5.73 Å². The third-order valence-electron chi connectivity index (χ3n) is 2.84. The minimum absolute atomic E-state index is 0.210. The van der Waals surface area contributed by atoms with Gasteiger partial charge in [-0.15, -0.1) is 0 Å². The van der Waals surface area contributed by atoms with E-state index in [2.05, 4.69) is 20.7 Å².